The van der Waals surface area contributed by atoms with Crippen LogP contribution in [0.1, 0.15) is 10.4 Å². The van der Waals surface area contributed by atoms with Gasteiger partial charge in [-0.05, 0) is 52.3 Å². The number of benzene rings is 1. The zero-order valence-electron chi connectivity index (χ0n) is 10.4. The number of hydrogen-bond acceptors (Lipinski definition) is 2. The summed E-state index contributed by atoms with van der Waals surface area (Å²) in [4.78, 5) is 12.5. The molecule has 0 saturated heterocycles. The van der Waals surface area contributed by atoms with Crippen molar-refractivity contribution in [1.29, 1.82) is 0 Å². The molecule has 0 radical (unpaired) electrons. The Morgan fingerprint density at radius 3 is 2.62 bits per heavy atom. The number of carbonyl (C=O) groups is 1. The summed E-state index contributed by atoms with van der Waals surface area (Å²) in [6.07, 6.45) is -1.56. The van der Waals surface area contributed by atoms with E-state index in [1.807, 2.05) is 12.1 Å². The first-order valence-electron chi connectivity index (χ1n) is 5.76. The van der Waals surface area contributed by atoms with Gasteiger partial charge in [0.15, 0.2) is 0 Å². The van der Waals surface area contributed by atoms with Crippen LogP contribution < -0.4 is 5.32 Å². The van der Waals surface area contributed by atoms with Crippen molar-refractivity contribution >= 4 is 44.9 Å². The number of amides is 1. The second-order valence-electron chi connectivity index (χ2n) is 4.04. The van der Waals surface area contributed by atoms with E-state index in [-0.39, 0.29) is 5.69 Å². The Bertz CT molecular complexity index is 679. The largest absolute Gasteiger partial charge is 0.416 e. The minimum absolute atomic E-state index is 0.104. The van der Waals surface area contributed by atoms with Crippen LogP contribution in [0.3, 0.4) is 0 Å². The van der Waals surface area contributed by atoms with E-state index >= 15 is 0 Å². The van der Waals surface area contributed by atoms with Gasteiger partial charge in [0.05, 0.1) is 9.35 Å². The van der Waals surface area contributed by atoms with Gasteiger partial charge in [0.2, 0.25) is 5.91 Å². The SMILES string of the molecule is O=C(/C=C/c1ccc(Br)s1)Nc1cccc(C(F)(F)F)c1. The van der Waals surface area contributed by atoms with Crippen molar-refractivity contribution < 1.29 is 18.0 Å². The molecule has 0 aliphatic heterocycles. The van der Waals surface area contributed by atoms with Crippen LogP contribution in [0.5, 0.6) is 0 Å². The summed E-state index contributed by atoms with van der Waals surface area (Å²) in [6.45, 7) is 0. The van der Waals surface area contributed by atoms with E-state index in [9.17, 15) is 18.0 Å². The van der Waals surface area contributed by atoms with E-state index in [1.54, 1.807) is 6.08 Å². The van der Waals surface area contributed by atoms with Crippen molar-refractivity contribution in [3.8, 4) is 0 Å². The zero-order chi connectivity index (χ0) is 15.5. The first-order valence-corrected chi connectivity index (χ1v) is 7.37. The molecular formula is C14H9BrF3NOS. The monoisotopic (exact) mass is 375 g/mol. The third kappa shape index (κ3) is 4.71. The molecule has 1 aromatic carbocycles. The lowest BCUT2D eigenvalue weighted by Gasteiger charge is -2.08. The molecule has 7 heteroatoms. The van der Waals surface area contributed by atoms with Crippen molar-refractivity contribution in [1.82, 2.24) is 0 Å². The molecule has 0 fully saturated rings. The standard InChI is InChI=1S/C14H9BrF3NOS/c15-12-6-4-11(21-12)5-7-13(20)19-10-3-1-2-9(8-10)14(16,17)18/h1-8H,(H,19,20)/b7-5+. The predicted molar refractivity (Wildman–Crippen MR) is 81.1 cm³/mol. The van der Waals surface area contributed by atoms with Gasteiger partial charge in [-0.1, -0.05) is 6.07 Å². The molecule has 110 valence electrons. The Balaban J connectivity index is 2.04. The summed E-state index contributed by atoms with van der Waals surface area (Å²) in [5.74, 6) is -0.487. The zero-order valence-corrected chi connectivity index (χ0v) is 12.8. The van der Waals surface area contributed by atoms with Gasteiger partial charge >= 0.3 is 6.18 Å². The Kier molecular flexibility index (Phi) is 4.84. The average Bonchev–Trinajstić information content (AvgIpc) is 2.82. The number of thiophene rings is 1. The van der Waals surface area contributed by atoms with E-state index in [0.29, 0.717) is 0 Å². The van der Waals surface area contributed by atoms with Crippen molar-refractivity contribution in [3.63, 3.8) is 0 Å². The van der Waals surface area contributed by atoms with Crippen LogP contribution in [-0.2, 0) is 11.0 Å². The molecule has 1 aromatic heterocycles. The summed E-state index contributed by atoms with van der Waals surface area (Å²) in [5.41, 5.74) is -0.696. The van der Waals surface area contributed by atoms with Gasteiger partial charge in [0.1, 0.15) is 0 Å². The molecular weight excluding hydrogens is 367 g/mol. The van der Waals surface area contributed by atoms with E-state index in [0.717, 1.165) is 20.8 Å². The van der Waals surface area contributed by atoms with Crippen LogP contribution in [0, 0.1) is 0 Å². The highest BCUT2D eigenvalue weighted by Gasteiger charge is 2.30. The fourth-order valence-electron chi connectivity index (χ4n) is 1.53. The molecule has 0 aliphatic carbocycles. The summed E-state index contributed by atoms with van der Waals surface area (Å²) in [7, 11) is 0. The van der Waals surface area contributed by atoms with Gasteiger partial charge in [-0.25, -0.2) is 0 Å². The maximum atomic E-state index is 12.5. The molecule has 1 amide bonds. The van der Waals surface area contributed by atoms with Gasteiger partial charge in [0.25, 0.3) is 0 Å². The molecule has 0 unspecified atom stereocenters. The maximum absolute atomic E-state index is 12.5. The summed E-state index contributed by atoms with van der Waals surface area (Å²) < 4.78 is 38.6. The fraction of sp³-hybridized carbons (Fsp3) is 0.0714. The minimum Gasteiger partial charge on any atom is -0.322 e. The number of carbonyl (C=O) groups excluding carboxylic acids is 1. The molecule has 2 rings (SSSR count). The molecule has 0 spiro atoms. The second-order valence-corrected chi connectivity index (χ2v) is 6.54. The molecule has 0 saturated carbocycles. The van der Waals surface area contributed by atoms with Gasteiger partial charge < -0.3 is 5.32 Å². The van der Waals surface area contributed by atoms with E-state index in [4.69, 9.17) is 0 Å². The van der Waals surface area contributed by atoms with Crippen molar-refractivity contribution in [2.24, 2.45) is 0 Å². The minimum atomic E-state index is -4.43. The highest BCUT2D eigenvalue weighted by Crippen LogP contribution is 2.30. The number of alkyl halides is 3. The Morgan fingerprint density at radius 1 is 1.24 bits per heavy atom. The number of anilines is 1. The molecule has 0 aliphatic rings. The molecule has 2 aromatic rings. The highest BCUT2D eigenvalue weighted by molar-refractivity contribution is 9.11. The van der Waals surface area contributed by atoms with Gasteiger partial charge in [-0.15, -0.1) is 11.3 Å². The van der Waals surface area contributed by atoms with E-state index in [2.05, 4.69) is 21.2 Å². The molecule has 1 N–H and O–H groups in total. The lowest BCUT2D eigenvalue weighted by atomic mass is 10.2. The van der Waals surface area contributed by atoms with Crippen molar-refractivity contribution in [3.05, 3.63) is 56.7 Å². The quantitative estimate of drug-likeness (QED) is 0.735. The number of halogens is 4. The lowest BCUT2D eigenvalue weighted by Crippen LogP contribution is -2.10. The topological polar surface area (TPSA) is 29.1 Å². The van der Waals surface area contributed by atoms with Crippen LogP contribution in [0.4, 0.5) is 18.9 Å². The van der Waals surface area contributed by atoms with Crippen LogP contribution in [-0.4, -0.2) is 5.91 Å². The molecule has 0 bridgehead atoms. The number of rotatable bonds is 3. The fourth-order valence-corrected chi connectivity index (χ4v) is 2.86. The molecule has 0 atom stereocenters. The van der Waals surface area contributed by atoms with E-state index in [1.165, 1.54) is 29.5 Å². The Hall–Kier alpha value is -1.60. The first kappa shape index (κ1) is 15.8. The predicted octanol–water partition coefficient (Wildman–Crippen LogP) is 5.18. The third-order valence-electron chi connectivity index (χ3n) is 2.45. The molecule has 21 heavy (non-hydrogen) atoms. The lowest BCUT2D eigenvalue weighted by molar-refractivity contribution is -0.137. The van der Waals surface area contributed by atoms with Crippen LogP contribution in [0.2, 0.25) is 0 Å². The molecule has 1 heterocycles. The average molecular weight is 376 g/mol. The van der Waals surface area contributed by atoms with Gasteiger partial charge in [0, 0.05) is 16.6 Å². The summed E-state index contributed by atoms with van der Waals surface area (Å²) in [6, 6.07) is 8.17. The van der Waals surface area contributed by atoms with Gasteiger partial charge in [-0.2, -0.15) is 13.2 Å². The first-order chi connectivity index (χ1) is 9.84. The highest BCUT2D eigenvalue weighted by atomic mass is 79.9. The number of nitrogens with one attached hydrogen (secondary N) is 1. The smallest absolute Gasteiger partial charge is 0.322 e. The second kappa shape index (κ2) is 6.44. The third-order valence-corrected chi connectivity index (χ3v) is 4.04. The summed E-state index contributed by atoms with van der Waals surface area (Å²) >= 11 is 4.74. The van der Waals surface area contributed by atoms with Gasteiger partial charge in [-0.3, -0.25) is 4.79 Å². The summed E-state index contributed by atoms with van der Waals surface area (Å²) in [5, 5.41) is 2.40. The Labute approximate surface area is 131 Å². The maximum Gasteiger partial charge on any atom is 0.416 e. The Morgan fingerprint density at radius 2 is 2.00 bits per heavy atom. The van der Waals surface area contributed by atoms with Crippen LogP contribution >= 0.6 is 27.3 Å². The van der Waals surface area contributed by atoms with Crippen molar-refractivity contribution in [2.45, 2.75) is 6.18 Å². The number of hydrogen-bond donors (Lipinski definition) is 1. The molecule has 2 nitrogen and oxygen atoms in total. The van der Waals surface area contributed by atoms with Crippen LogP contribution in [0.15, 0.2) is 46.3 Å². The van der Waals surface area contributed by atoms with Crippen LogP contribution in [0.25, 0.3) is 6.08 Å². The normalized spacial score (nSPS) is 11.8. The van der Waals surface area contributed by atoms with E-state index < -0.39 is 17.6 Å². The van der Waals surface area contributed by atoms with Crippen molar-refractivity contribution in [2.75, 3.05) is 5.32 Å².